The van der Waals surface area contributed by atoms with Crippen LogP contribution in [-0.4, -0.2) is 46.4 Å². The molecule has 7 aromatic rings. The number of aromatic nitrogens is 4. The maximum absolute atomic E-state index is 6.41. The van der Waals surface area contributed by atoms with E-state index in [1.807, 2.05) is 0 Å². The molecule has 706 valence electrons. The minimum absolute atomic E-state index is 0.594. The Morgan fingerprint density at radius 3 is 0.461 bits per heavy atom. The molecular weight excluding hydrogens is 1560 g/mol. The molecule has 0 unspecified atom stereocenters. The van der Waals surface area contributed by atoms with Gasteiger partial charge in [-0.05, 0) is 119 Å². The van der Waals surface area contributed by atoms with Gasteiger partial charge in [0.25, 0.3) is 0 Å². The van der Waals surface area contributed by atoms with Crippen LogP contribution in [0.2, 0.25) is 0 Å². The highest BCUT2D eigenvalue weighted by atomic mass is 16.5. The third-order valence-corrected chi connectivity index (χ3v) is 27.4. The Morgan fingerprint density at radius 1 is 0.172 bits per heavy atom. The highest BCUT2D eigenvalue weighted by Crippen LogP contribution is 2.40. The first-order valence-corrected chi connectivity index (χ1v) is 54.4. The van der Waals surface area contributed by atoms with Crippen molar-refractivity contribution in [3.63, 3.8) is 0 Å². The number of H-pyrrole nitrogens is 2. The fourth-order valence-corrected chi connectivity index (χ4v) is 19.3. The van der Waals surface area contributed by atoms with E-state index in [0.717, 1.165) is 141 Å². The molecule has 8 nitrogen and oxygen atoms in total. The van der Waals surface area contributed by atoms with Crippen molar-refractivity contribution >= 4 is 46.4 Å². The van der Waals surface area contributed by atoms with Crippen molar-refractivity contribution in [2.24, 2.45) is 0 Å². The summed E-state index contributed by atoms with van der Waals surface area (Å²) >= 11 is 0. The van der Waals surface area contributed by atoms with Gasteiger partial charge in [0.2, 0.25) is 0 Å². The first-order valence-electron chi connectivity index (χ1n) is 54.4. The van der Waals surface area contributed by atoms with Crippen molar-refractivity contribution in [1.29, 1.82) is 0 Å². The largest absolute Gasteiger partial charge is 0.377 e. The zero-order valence-electron chi connectivity index (χ0n) is 82.3. The smallest absolute Gasteiger partial charge is 0.0737 e. The van der Waals surface area contributed by atoms with Crippen molar-refractivity contribution in [1.82, 2.24) is 19.9 Å². The van der Waals surface area contributed by atoms with Gasteiger partial charge in [-0.1, -0.05) is 510 Å². The molecule has 128 heavy (non-hydrogen) atoms. The fraction of sp³-hybridized carbons (Fsp3) is 0.633. The molecule has 4 aromatic carbocycles. The van der Waals surface area contributed by atoms with E-state index < -0.39 is 0 Å². The molecule has 2 aliphatic rings. The van der Waals surface area contributed by atoms with E-state index in [4.69, 9.17) is 28.9 Å². The van der Waals surface area contributed by atoms with E-state index in [9.17, 15) is 0 Å². The number of ether oxygens (including phenoxy) is 4. The van der Waals surface area contributed by atoms with Crippen LogP contribution in [0, 0.1) is 0 Å². The molecule has 0 atom stereocenters. The number of nitrogens with zero attached hydrogens (tertiary/aromatic N) is 2. The number of nitrogens with one attached hydrogen (secondary N) is 2. The van der Waals surface area contributed by atoms with Gasteiger partial charge in [0, 0.05) is 70.7 Å². The summed E-state index contributed by atoms with van der Waals surface area (Å²) < 4.78 is 25.6. The Balaban J connectivity index is 0.915. The molecule has 0 amide bonds. The summed E-state index contributed by atoms with van der Waals surface area (Å²) in [6, 6.07) is 45.2. The summed E-state index contributed by atoms with van der Waals surface area (Å²) in [6.45, 7) is 14.8. The molecule has 0 radical (unpaired) electrons. The average molecular weight is 1740 g/mol. The zero-order valence-corrected chi connectivity index (χ0v) is 82.3. The lowest BCUT2D eigenvalue weighted by molar-refractivity contribution is 0.116. The quantitative estimate of drug-likeness (QED) is 0.0369. The highest BCUT2D eigenvalue weighted by molar-refractivity contribution is 6.00. The summed E-state index contributed by atoms with van der Waals surface area (Å²) in [4.78, 5) is 19.6. The number of aromatic amines is 2. The van der Waals surface area contributed by atoms with E-state index in [0.29, 0.717) is 26.4 Å². The maximum atomic E-state index is 6.41. The van der Waals surface area contributed by atoms with Gasteiger partial charge in [-0.3, -0.25) is 0 Å². The van der Waals surface area contributed by atoms with Crippen LogP contribution < -0.4 is 0 Å². The fourth-order valence-electron chi connectivity index (χ4n) is 19.3. The van der Waals surface area contributed by atoms with Gasteiger partial charge in [0.15, 0.2) is 0 Å². The third-order valence-electron chi connectivity index (χ3n) is 27.4. The number of benzene rings is 4. The number of unbranched alkanes of at least 4 members (excludes halogenated alkanes) is 60. The van der Waals surface area contributed by atoms with Crippen LogP contribution in [0.25, 0.3) is 90.9 Å². The molecule has 5 heterocycles. The first-order chi connectivity index (χ1) is 63.5. The first kappa shape index (κ1) is 105. The molecule has 2 aliphatic heterocycles. The normalized spacial score (nSPS) is 12.0. The Bertz CT molecular complexity index is 3640. The second-order valence-corrected chi connectivity index (χ2v) is 38.7. The Kier molecular flexibility index (Phi) is 56.8. The van der Waals surface area contributed by atoms with Crippen LogP contribution in [0.4, 0.5) is 0 Å². The van der Waals surface area contributed by atoms with Crippen molar-refractivity contribution in [3.05, 3.63) is 166 Å². The summed E-state index contributed by atoms with van der Waals surface area (Å²) in [5.74, 6) is 0. The van der Waals surface area contributed by atoms with Crippen LogP contribution in [0.3, 0.4) is 0 Å². The number of hydrogen-bond acceptors (Lipinski definition) is 6. The second kappa shape index (κ2) is 69.2. The van der Waals surface area contributed by atoms with Crippen LogP contribution >= 0.6 is 0 Å². The molecule has 8 heteroatoms. The number of hydrogen-bond donors (Lipinski definition) is 2. The van der Waals surface area contributed by atoms with Crippen molar-refractivity contribution < 1.29 is 18.9 Å². The molecule has 9 rings (SSSR count). The topological polar surface area (TPSA) is 94.3 Å². The van der Waals surface area contributed by atoms with Crippen LogP contribution in [0.1, 0.15) is 484 Å². The summed E-state index contributed by atoms with van der Waals surface area (Å²) in [6.07, 6.45) is 96.4. The van der Waals surface area contributed by atoms with E-state index >= 15 is 0 Å². The van der Waals surface area contributed by atoms with E-state index in [2.05, 4.69) is 183 Å². The highest BCUT2D eigenvalue weighted by Gasteiger charge is 2.21. The summed E-state index contributed by atoms with van der Waals surface area (Å²) in [5.41, 5.74) is 20.8. The Labute approximate surface area is 782 Å². The summed E-state index contributed by atoms with van der Waals surface area (Å²) in [7, 11) is 0. The predicted octanol–water partition coefficient (Wildman–Crippen LogP) is 38.4. The molecule has 0 fully saturated rings. The Morgan fingerprint density at radius 2 is 0.312 bits per heavy atom. The number of rotatable bonds is 80. The van der Waals surface area contributed by atoms with E-state index in [-0.39, 0.29) is 0 Å². The standard InChI is InChI=1S/C120H182N4O4/c1-5-9-13-17-21-25-29-33-37-41-45-49-53-57-61-65-93-125-97-101-69-77-105(78-70-101)117-109-85-87-111(121-109)118(106-79-71-102(72-80-106)98-126-94-66-62-58-54-50-46-42-38-34-30-26-22-18-14-10-6-2)113-89-91-115(123-113)120(108-83-75-104(76-84-108)100-128-96-68-64-60-56-52-48-44-40-36-32-28-24-20-16-12-8-4)116-92-90-114(124-116)119(112-88-86-110(117)122-112)107-81-73-103(74-82-107)99-127-95-67-63-59-55-51-47-43-39-35-31-27-23-19-15-11-7-3/h69-92,121,124H,5-68,93-100H2,1-4H3. The molecule has 2 N–H and O–H groups in total. The minimum Gasteiger partial charge on any atom is -0.377 e. The molecule has 0 saturated carbocycles. The molecule has 0 aliphatic carbocycles. The molecular formula is C120H182N4O4. The van der Waals surface area contributed by atoms with Gasteiger partial charge in [0.1, 0.15) is 0 Å². The average Bonchev–Trinajstić information content (AvgIpc) is 1.61. The monoisotopic (exact) mass is 1740 g/mol. The molecule has 3 aromatic heterocycles. The lowest BCUT2D eigenvalue weighted by atomic mass is 10.0. The lowest BCUT2D eigenvalue weighted by Crippen LogP contribution is -1.96. The van der Waals surface area contributed by atoms with Gasteiger partial charge in [-0.25, -0.2) is 9.97 Å². The van der Waals surface area contributed by atoms with Crippen LogP contribution in [-0.2, 0) is 45.4 Å². The van der Waals surface area contributed by atoms with Gasteiger partial charge >= 0.3 is 0 Å². The lowest BCUT2D eigenvalue weighted by Gasteiger charge is -2.09. The SMILES string of the molecule is CCCCCCCCCCCCCCCCCCOCc1ccc(-c2c3nc(c(-c4ccc(COCCCCCCCCCCCCCCCCCC)cc4)c4ccc([nH]4)c(-c4ccc(COCCCCCCCCCCCCCCCCCC)cc4)c4nc(c(-c5ccc(COCCCCCCCCCCCCCCCCCC)cc5)c5ccc2[nH]5)C=C4)C=C3)cc1. The third kappa shape index (κ3) is 42.9. The van der Waals surface area contributed by atoms with Crippen LogP contribution in [0.15, 0.2) is 121 Å². The second-order valence-electron chi connectivity index (χ2n) is 38.7. The van der Waals surface area contributed by atoms with Gasteiger partial charge in [-0.15, -0.1) is 0 Å². The zero-order chi connectivity index (χ0) is 89.1. The molecule has 0 saturated heterocycles. The van der Waals surface area contributed by atoms with Crippen molar-refractivity contribution in [2.45, 2.75) is 465 Å². The van der Waals surface area contributed by atoms with E-state index in [1.165, 1.54) is 408 Å². The van der Waals surface area contributed by atoms with Crippen LogP contribution in [0.5, 0.6) is 0 Å². The molecule has 0 spiro atoms. The predicted molar refractivity (Wildman–Crippen MR) is 557 cm³/mol. The van der Waals surface area contributed by atoms with E-state index in [1.54, 1.807) is 0 Å². The molecule has 8 bridgehead atoms. The minimum atomic E-state index is 0.594. The maximum Gasteiger partial charge on any atom is 0.0737 e. The van der Waals surface area contributed by atoms with Gasteiger partial charge in [0.05, 0.1) is 49.2 Å². The van der Waals surface area contributed by atoms with Gasteiger partial charge < -0.3 is 28.9 Å². The number of fused-ring (bicyclic) bond motifs is 8. The van der Waals surface area contributed by atoms with Crippen molar-refractivity contribution in [3.8, 4) is 44.5 Å². The summed E-state index contributed by atoms with van der Waals surface area (Å²) in [5, 5.41) is 0. The Hall–Kier alpha value is -6.68. The van der Waals surface area contributed by atoms with Crippen molar-refractivity contribution in [2.75, 3.05) is 26.4 Å². The van der Waals surface area contributed by atoms with Gasteiger partial charge in [-0.2, -0.15) is 0 Å².